The molecule has 142 valence electrons. The van der Waals surface area contributed by atoms with E-state index >= 15 is 0 Å². The lowest BCUT2D eigenvalue weighted by atomic mass is 10.2. The Morgan fingerprint density at radius 1 is 1.21 bits per heavy atom. The van der Waals surface area contributed by atoms with Crippen LogP contribution in [0.4, 0.5) is 5.69 Å². The van der Waals surface area contributed by atoms with E-state index in [1.54, 1.807) is 9.58 Å². The van der Waals surface area contributed by atoms with E-state index < -0.39 is 0 Å². The van der Waals surface area contributed by atoms with Crippen LogP contribution >= 0.6 is 11.6 Å². The van der Waals surface area contributed by atoms with Gasteiger partial charge in [0.25, 0.3) is 5.91 Å². The standard InChI is InChI=1S/C21H19ClN4O2/c1-15-18(21(22)26(24-15)17-8-3-2-4-9-17)13-23-28-14-20(27)25-12-11-16-7-5-6-10-19(16)25/h2-10,13H,11-12,14H2,1H3/b23-13-. The van der Waals surface area contributed by atoms with Gasteiger partial charge in [0, 0.05) is 12.2 Å². The monoisotopic (exact) mass is 394 g/mol. The average molecular weight is 395 g/mol. The van der Waals surface area contributed by atoms with E-state index in [4.69, 9.17) is 16.4 Å². The van der Waals surface area contributed by atoms with Gasteiger partial charge in [-0.15, -0.1) is 0 Å². The van der Waals surface area contributed by atoms with Gasteiger partial charge in [-0.1, -0.05) is 53.2 Å². The third-order valence-electron chi connectivity index (χ3n) is 4.68. The SMILES string of the molecule is Cc1nn(-c2ccccc2)c(Cl)c1/C=N\OCC(=O)N1CCc2ccccc21. The first-order valence-electron chi connectivity index (χ1n) is 8.99. The van der Waals surface area contributed by atoms with Gasteiger partial charge in [0.2, 0.25) is 0 Å². The Balaban J connectivity index is 1.41. The molecule has 0 fully saturated rings. The fraction of sp³-hybridized carbons (Fsp3) is 0.190. The summed E-state index contributed by atoms with van der Waals surface area (Å²) in [5.74, 6) is -0.120. The normalized spacial score (nSPS) is 13.1. The van der Waals surface area contributed by atoms with Gasteiger partial charge >= 0.3 is 0 Å². The maximum Gasteiger partial charge on any atom is 0.267 e. The highest BCUT2D eigenvalue weighted by Crippen LogP contribution is 2.27. The first kappa shape index (κ1) is 18.3. The molecule has 0 N–H and O–H groups in total. The molecule has 0 radical (unpaired) electrons. The number of halogens is 1. The summed E-state index contributed by atoms with van der Waals surface area (Å²) in [6, 6.07) is 17.5. The van der Waals surface area contributed by atoms with Crippen molar-refractivity contribution in [3.05, 3.63) is 76.6 Å². The summed E-state index contributed by atoms with van der Waals surface area (Å²) in [5, 5.41) is 8.81. The van der Waals surface area contributed by atoms with E-state index in [0.29, 0.717) is 17.3 Å². The minimum atomic E-state index is -0.131. The molecule has 4 rings (SSSR count). The van der Waals surface area contributed by atoms with E-state index in [1.165, 1.54) is 11.8 Å². The number of amides is 1. The molecule has 0 spiro atoms. The van der Waals surface area contributed by atoms with Crippen LogP contribution in [0.25, 0.3) is 5.69 Å². The summed E-state index contributed by atoms with van der Waals surface area (Å²) in [6.45, 7) is 2.38. The summed E-state index contributed by atoms with van der Waals surface area (Å²) in [7, 11) is 0. The predicted molar refractivity (Wildman–Crippen MR) is 109 cm³/mol. The van der Waals surface area contributed by atoms with Crippen molar-refractivity contribution in [2.24, 2.45) is 5.16 Å². The molecule has 0 atom stereocenters. The van der Waals surface area contributed by atoms with Crippen molar-refractivity contribution in [2.45, 2.75) is 13.3 Å². The molecule has 6 nitrogen and oxygen atoms in total. The molecule has 1 amide bonds. The van der Waals surface area contributed by atoms with Gasteiger partial charge in [-0.2, -0.15) is 5.10 Å². The van der Waals surface area contributed by atoms with Crippen molar-refractivity contribution in [3.63, 3.8) is 0 Å². The summed E-state index contributed by atoms with van der Waals surface area (Å²) < 4.78 is 1.64. The zero-order chi connectivity index (χ0) is 19.5. The van der Waals surface area contributed by atoms with Crippen molar-refractivity contribution in [3.8, 4) is 5.69 Å². The van der Waals surface area contributed by atoms with E-state index in [0.717, 1.165) is 23.5 Å². The quantitative estimate of drug-likeness (QED) is 0.489. The topological polar surface area (TPSA) is 59.7 Å². The summed E-state index contributed by atoms with van der Waals surface area (Å²) >= 11 is 6.44. The number of para-hydroxylation sites is 2. The lowest BCUT2D eigenvalue weighted by Gasteiger charge is -2.16. The molecule has 2 aromatic carbocycles. The van der Waals surface area contributed by atoms with Crippen LogP contribution in [0.2, 0.25) is 5.15 Å². The third-order valence-corrected chi connectivity index (χ3v) is 5.05. The van der Waals surface area contributed by atoms with Crippen molar-refractivity contribution >= 4 is 29.4 Å². The minimum Gasteiger partial charge on any atom is -0.386 e. The lowest BCUT2D eigenvalue weighted by molar-refractivity contribution is -0.122. The van der Waals surface area contributed by atoms with Gasteiger partial charge < -0.3 is 9.74 Å². The molecule has 3 aromatic rings. The van der Waals surface area contributed by atoms with Crippen LogP contribution in [-0.4, -0.2) is 35.1 Å². The first-order valence-corrected chi connectivity index (χ1v) is 9.37. The Labute approximate surface area is 168 Å². The van der Waals surface area contributed by atoms with Gasteiger partial charge in [-0.3, -0.25) is 4.79 Å². The zero-order valence-corrected chi connectivity index (χ0v) is 16.1. The fourth-order valence-corrected chi connectivity index (χ4v) is 3.58. The number of anilines is 1. The van der Waals surface area contributed by atoms with E-state index in [9.17, 15) is 4.79 Å². The molecule has 1 aliphatic heterocycles. The van der Waals surface area contributed by atoms with Crippen LogP contribution in [0.15, 0.2) is 59.8 Å². The molecular weight excluding hydrogens is 376 g/mol. The molecule has 0 aliphatic carbocycles. The Bertz CT molecular complexity index is 1030. The lowest BCUT2D eigenvalue weighted by Crippen LogP contribution is -2.31. The van der Waals surface area contributed by atoms with Gasteiger partial charge in [-0.25, -0.2) is 4.68 Å². The molecule has 0 saturated carbocycles. The fourth-order valence-electron chi connectivity index (χ4n) is 3.26. The van der Waals surface area contributed by atoms with Gasteiger partial charge in [0.05, 0.1) is 23.2 Å². The second-order valence-corrected chi connectivity index (χ2v) is 6.83. The van der Waals surface area contributed by atoms with E-state index in [-0.39, 0.29) is 12.5 Å². The van der Waals surface area contributed by atoms with Gasteiger partial charge in [-0.05, 0) is 37.1 Å². The molecule has 0 saturated heterocycles. The van der Waals surface area contributed by atoms with Crippen LogP contribution in [0.3, 0.4) is 0 Å². The van der Waals surface area contributed by atoms with Crippen LogP contribution < -0.4 is 4.90 Å². The number of benzene rings is 2. The summed E-state index contributed by atoms with van der Waals surface area (Å²) in [5.41, 5.74) is 4.36. The number of aryl methyl sites for hydroxylation is 1. The van der Waals surface area contributed by atoms with Gasteiger partial charge in [0.15, 0.2) is 6.61 Å². The summed E-state index contributed by atoms with van der Waals surface area (Å²) in [6.07, 6.45) is 2.36. The van der Waals surface area contributed by atoms with Crippen molar-refractivity contribution in [1.82, 2.24) is 9.78 Å². The number of fused-ring (bicyclic) bond motifs is 1. The number of aromatic nitrogens is 2. The second kappa shape index (κ2) is 7.86. The van der Waals surface area contributed by atoms with Crippen LogP contribution in [0, 0.1) is 6.92 Å². The third kappa shape index (κ3) is 3.51. The van der Waals surface area contributed by atoms with Gasteiger partial charge in [0.1, 0.15) is 5.15 Å². The number of hydrogen-bond acceptors (Lipinski definition) is 4. The van der Waals surface area contributed by atoms with Crippen LogP contribution in [0.5, 0.6) is 0 Å². The molecule has 1 aromatic heterocycles. The van der Waals surface area contributed by atoms with Crippen molar-refractivity contribution in [2.75, 3.05) is 18.1 Å². The number of carbonyl (C=O) groups excluding carboxylic acids is 1. The highest BCUT2D eigenvalue weighted by molar-refractivity contribution is 6.32. The smallest absolute Gasteiger partial charge is 0.267 e. The number of rotatable bonds is 5. The second-order valence-electron chi connectivity index (χ2n) is 6.47. The molecule has 0 unspecified atom stereocenters. The summed E-state index contributed by atoms with van der Waals surface area (Å²) in [4.78, 5) is 19.4. The van der Waals surface area contributed by atoms with E-state index in [2.05, 4.69) is 10.3 Å². The Kier molecular flexibility index (Phi) is 5.12. The minimum absolute atomic E-state index is 0.120. The number of oxime groups is 1. The maximum atomic E-state index is 12.4. The predicted octanol–water partition coefficient (Wildman–Crippen LogP) is 3.77. The maximum absolute atomic E-state index is 12.4. The first-order chi connectivity index (χ1) is 13.6. The Morgan fingerprint density at radius 2 is 1.96 bits per heavy atom. The molecule has 0 bridgehead atoms. The highest BCUT2D eigenvalue weighted by atomic mass is 35.5. The number of carbonyl (C=O) groups is 1. The zero-order valence-electron chi connectivity index (χ0n) is 15.4. The molecular formula is C21H19ClN4O2. The van der Waals surface area contributed by atoms with Crippen molar-refractivity contribution in [1.29, 1.82) is 0 Å². The molecule has 1 aliphatic rings. The molecule has 2 heterocycles. The molecule has 28 heavy (non-hydrogen) atoms. The highest BCUT2D eigenvalue weighted by Gasteiger charge is 2.24. The van der Waals surface area contributed by atoms with E-state index in [1.807, 2.05) is 61.5 Å². The average Bonchev–Trinajstić information content (AvgIpc) is 3.27. The largest absolute Gasteiger partial charge is 0.386 e. The Morgan fingerprint density at radius 3 is 2.79 bits per heavy atom. The molecule has 7 heteroatoms. The van der Waals surface area contributed by atoms with Crippen molar-refractivity contribution < 1.29 is 9.63 Å². The number of nitrogens with zero attached hydrogens (tertiary/aromatic N) is 4. The van der Waals surface area contributed by atoms with Crippen LogP contribution in [-0.2, 0) is 16.1 Å². The number of hydrogen-bond donors (Lipinski definition) is 0. The van der Waals surface area contributed by atoms with Crippen LogP contribution in [0.1, 0.15) is 16.8 Å². The Hall–Kier alpha value is -3.12.